The van der Waals surface area contributed by atoms with Gasteiger partial charge in [-0.1, -0.05) is 6.92 Å². The second kappa shape index (κ2) is 5.85. The van der Waals surface area contributed by atoms with E-state index in [1.165, 1.54) is 6.07 Å². The highest BCUT2D eigenvalue weighted by Gasteiger charge is 2.32. The Balaban J connectivity index is 2.16. The Morgan fingerprint density at radius 3 is 2.29 bits per heavy atom. The van der Waals surface area contributed by atoms with E-state index < -0.39 is 11.6 Å². The summed E-state index contributed by atoms with van der Waals surface area (Å²) in [5.74, 6) is -1.20. The lowest BCUT2D eigenvalue weighted by Gasteiger charge is -2.37. The molecule has 1 aromatic rings. The van der Waals surface area contributed by atoms with Crippen LogP contribution in [0.3, 0.4) is 0 Å². The summed E-state index contributed by atoms with van der Waals surface area (Å²) in [6, 6.07) is 4.67. The third-order valence-corrected chi connectivity index (χ3v) is 4.21. The average Bonchev–Trinajstić information content (AvgIpc) is 2.46. The van der Waals surface area contributed by atoms with Gasteiger partial charge in [-0.15, -0.1) is 0 Å². The van der Waals surface area contributed by atoms with Crippen LogP contribution in [0, 0.1) is 6.92 Å². The van der Waals surface area contributed by atoms with Crippen LogP contribution in [0.15, 0.2) is 18.2 Å². The van der Waals surface area contributed by atoms with Crippen LogP contribution < -0.4 is 0 Å². The molecule has 1 amide bonds. The SMILES string of the molecule is CCC1(O)CCN(C(=O)c2cc(C)cc(C(=O)O)c2)CC1. The first-order chi connectivity index (χ1) is 9.84. The number of aromatic carboxylic acids is 1. The lowest BCUT2D eigenvalue weighted by Crippen LogP contribution is -2.46. The van der Waals surface area contributed by atoms with Gasteiger partial charge in [0.2, 0.25) is 0 Å². The number of aryl methyl sites for hydroxylation is 1. The summed E-state index contributed by atoms with van der Waals surface area (Å²) in [6.07, 6.45) is 1.81. The Labute approximate surface area is 124 Å². The summed E-state index contributed by atoms with van der Waals surface area (Å²) in [7, 11) is 0. The second-order valence-electron chi connectivity index (χ2n) is 5.76. The van der Waals surface area contributed by atoms with Crippen molar-refractivity contribution < 1.29 is 19.8 Å². The van der Waals surface area contributed by atoms with Crippen molar-refractivity contribution in [3.63, 3.8) is 0 Å². The number of carbonyl (C=O) groups is 2. The van der Waals surface area contributed by atoms with E-state index in [1.807, 2.05) is 6.92 Å². The lowest BCUT2D eigenvalue weighted by atomic mass is 9.88. The third kappa shape index (κ3) is 3.42. The summed E-state index contributed by atoms with van der Waals surface area (Å²) in [5, 5.41) is 19.3. The van der Waals surface area contributed by atoms with Gasteiger partial charge in [-0.3, -0.25) is 4.79 Å². The highest BCUT2D eigenvalue weighted by atomic mass is 16.4. The molecule has 1 heterocycles. The maximum Gasteiger partial charge on any atom is 0.335 e. The highest BCUT2D eigenvalue weighted by molar-refractivity contribution is 5.97. The number of carboxylic acids is 1. The molecule has 114 valence electrons. The van der Waals surface area contributed by atoms with Crippen molar-refractivity contribution in [3.05, 3.63) is 34.9 Å². The van der Waals surface area contributed by atoms with E-state index in [4.69, 9.17) is 5.11 Å². The Kier molecular flexibility index (Phi) is 4.32. The molecule has 1 fully saturated rings. The maximum atomic E-state index is 12.5. The van der Waals surface area contributed by atoms with Crippen molar-refractivity contribution in [2.24, 2.45) is 0 Å². The normalized spacial score (nSPS) is 17.6. The summed E-state index contributed by atoms with van der Waals surface area (Å²) in [4.78, 5) is 25.2. The van der Waals surface area contributed by atoms with E-state index in [1.54, 1.807) is 24.0 Å². The topological polar surface area (TPSA) is 77.8 Å². The summed E-state index contributed by atoms with van der Waals surface area (Å²) in [5.41, 5.74) is 0.602. The van der Waals surface area contributed by atoms with Crippen LogP contribution in [-0.4, -0.2) is 45.7 Å². The van der Waals surface area contributed by atoms with Gasteiger partial charge in [-0.2, -0.15) is 0 Å². The molecule has 0 aromatic heterocycles. The molecule has 0 unspecified atom stereocenters. The molecule has 21 heavy (non-hydrogen) atoms. The molecule has 0 aliphatic carbocycles. The minimum Gasteiger partial charge on any atom is -0.478 e. The monoisotopic (exact) mass is 291 g/mol. The van der Waals surface area contributed by atoms with Crippen molar-refractivity contribution in [1.29, 1.82) is 0 Å². The van der Waals surface area contributed by atoms with Crippen LogP contribution in [-0.2, 0) is 0 Å². The van der Waals surface area contributed by atoms with E-state index in [-0.39, 0.29) is 11.5 Å². The van der Waals surface area contributed by atoms with Crippen molar-refractivity contribution in [1.82, 2.24) is 4.90 Å². The minimum atomic E-state index is -1.04. The summed E-state index contributed by atoms with van der Waals surface area (Å²) >= 11 is 0. The number of likely N-dealkylation sites (tertiary alicyclic amines) is 1. The summed E-state index contributed by atoms with van der Waals surface area (Å²) in [6.45, 7) is 4.71. The number of carbonyl (C=O) groups excluding carboxylic acids is 1. The standard InChI is InChI=1S/C16H21NO4/c1-3-16(21)4-6-17(7-5-16)14(18)12-8-11(2)9-13(10-12)15(19)20/h8-10,21H,3-7H2,1-2H3,(H,19,20). The molecule has 2 rings (SSSR count). The Hall–Kier alpha value is -1.88. The second-order valence-corrected chi connectivity index (χ2v) is 5.76. The number of carboxylic acid groups (broad SMARTS) is 1. The van der Waals surface area contributed by atoms with Crippen LogP contribution in [0.4, 0.5) is 0 Å². The lowest BCUT2D eigenvalue weighted by molar-refractivity contribution is -0.0193. The first-order valence-electron chi connectivity index (χ1n) is 7.21. The zero-order valence-electron chi connectivity index (χ0n) is 12.4. The van der Waals surface area contributed by atoms with Crippen molar-refractivity contribution in [2.45, 2.75) is 38.7 Å². The van der Waals surface area contributed by atoms with Crippen LogP contribution in [0.2, 0.25) is 0 Å². The van der Waals surface area contributed by atoms with Crippen LogP contribution in [0.1, 0.15) is 52.5 Å². The van der Waals surface area contributed by atoms with Gasteiger partial charge in [0.1, 0.15) is 0 Å². The van der Waals surface area contributed by atoms with Crippen LogP contribution in [0.25, 0.3) is 0 Å². The van der Waals surface area contributed by atoms with Crippen molar-refractivity contribution >= 4 is 11.9 Å². The van der Waals surface area contributed by atoms with Crippen LogP contribution >= 0.6 is 0 Å². The van der Waals surface area contributed by atoms with Crippen LogP contribution in [0.5, 0.6) is 0 Å². The Morgan fingerprint density at radius 2 is 1.76 bits per heavy atom. The molecule has 1 saturated heterocycles. The molecule has 0 radical (unpaired) electrons. The van der Waals surface area contributed by atoms with Gasteiger partial charge in [0.05, 0.1) is 11.2 Å². The predicted octanol–water partition coefficient (Wildman–Crippen LogP) is 2.07. The number of piperidine rings is 1. The Bertz CT molecular complexity index is 559. The van der Waals surface area contributed by atoms with E-state index >= 15 is 0 Å². The number of amides is 1. The number of hydrogen-bond donors (Lipinski definition) is 2. The molecule has 5 nitrogen and oxygen atoms in total. The van der Waals surface area contributed by atoms with E-state index in [9.17, 15) is 14.7 Å². The molecule has 1 aliphatic rings. The highest BCUT2D eigenvalue weighted by Crippen LogP contribution is 2.26. The van der Waals surface area contributed by atoms with E-state index in [0.717, 1.165) is 5.56 Å². The average molecular weight is 291 g/mol. The van der Waals surface area contributed by atoms with Gasteiger partial charge in [0.15, 0.2) is 0 Å². The zero-order valence-corrected chi connectivity index (χ0v) is 12.4. The molecule has 5 heteroatoms. The molecule has 1 aromatic carbocycles. The maximum absolute atomic E-state index is 12.5. The molecular formula is C16H21NO4. The quantitative estimate of drug-likeness (QED) is 0.893. The van der Waals surface area contributed by atoms with Crippen molar-refractivity contribution in [2.75, 3.05) is 13.1 Å². The van der Waals surface area contributed by atoms with Gasteiger partial charge >= 0.3 is 5.97 Å². The van der Waals surface area contributed by atoms with Gasteiger partial charge in [-0.05, 0) is 49.9 Å². The van der Waals surface area contributed by atoms with Gasteiger partial charge < -0.3 is 15.1 Å². The first-order valence-corrected chi connectivity index (χ1v) is 7.21. The predicted molar refractivity (Wildman–Crippen MR) is 78.5 cm³/mol. The van der Waals surface area contributed by atoms with Gasteiger partial charge in [-0.25, -0.2) is 4.79 Å². The first kappa shape index (κ1) is 15.5. The molecule has 0 spiro atoms. The number of rotatable bonds is 3. The molecule has 0 bridgehead atoms. The fourth-order valence-corrected chi connectivity index (χ4v) is 2.69. The van der Waals surface area contributed by atoms with Crippen molar-refractivity contribution in [3.8, 4) is 0 Å². The largest absolute Gasteiger partial charge is 0.478 e. The number of benzene rings is 1. The fraction of sp³-hybridized carbons (Fsp3) is 0.500. The fourth-order valence-electron chi connectivity index (χ4n) is 2.69. The van der Waals surface area contributed by atoms with E-state index in [2.05, 4.69) is 0 Å². The molecule has 2 N–H and O–H groups in total. The molecule has 0 atom stereocenters. The summed E-state index contributed by atoms with van der Waals surface area (Å²) < 4.78 is 0. The molecule has 0 saturated carbocycles. The number of nitrogens with zero attached hydrogens (tertiary/aromatic N) is 1. The molecule has 1 aliphatic heterocycles. The smallest absolute Gasteiger partial charge is 0.335 e. The Morgan fingerprint density at radius 1 is 1.19 bits per heavy atom. The number of aliphatic hydroxyl groups is 1. The zero-order chi connectivity index (χ0) is 15.6. The number of hydrogen-bond acceptors (Lipinski definition) is 3. The molecular weight excluding hydrogens is 270 g/mol. The minimum absolute atomic E-state index is 0.125. The van der Waals surface area contributed by atoms with Gasteiger partial charge in [0.25, 0.3) is 5.91 Å². The van der Waals surface area contributed by atoms with E-state index in [0.29, 0.717) is 37.9 Å². The van der Waals surface area contributed by atoms with Gasteiger partial charge in [0, 0.05) is 18.7 Å². The third-order valence-electron chi connectivity index (χ3n) is 4.21.